The maximum absolute atomic E-state index is 10.9. The van der Waals surface area contributed by atoms with Crippen LogP contribution < -0.4 is 29.6 Å². The zero-order valence-electron chi connectivity index (χ0n) is 9.10. The monoisotopic (exact) mass is 244 g/mol. The van der Waals surface area contributed by atoms with Crippen LogP contribution >= 0.6 is 0 Å². The normalized spacial score (nSPS) is 11.1. The van der Waals surface area contributed by atoms with Crippen LogP contribution in [0.15, 0.2) is 41.3 Å². The fourth-order valence-corrected chi connectivity index (χ4v) is 2.33. The van der Waals surface area contributed by atoms with Crippen LogP contribution in [0.4, 0.5) is 0 Å². The molecule has 0 amide bonds. The van der Waals surface area contributed by atoms with E-state index in [1.807, 2.05) is 12.1 Å². The number of hydrogen-bond acceptors (Lipinski definition) is 3. The average molecular weight is 244 g/mol. The van der Waals surface area contributed by atoms with Crippen LogP contribution in [-0.2, 0) is 10.1 Å². The average Bonchev–Trinajstić information content (AvgIpc) is 2.15. The van der Waals surface area contributed by atoms with Crippen LogP contribution in [-0.4, -0.2) is 13.0 Å². The molecule has 0 N–H and O–H groups in total. The van der Waals surface area contributed by atoms with Crippen molar-refractivity contribution in [2.75, 3.05) is 0 Å². The van der Waals surface area contributed by atoms with Crippen molar-refractivity contribution < 1.29 is 42.5 Å². The van der Waals surface area contributed by atoms with Gasteiger partial charge >= 0.3 is 29.6 Å². The summed E-state index contributed by atoms with van der Waals surface area (Å²) in [4.78, 5) is -0.138. The Morgan fingerprint density at radius 1 is 1.06 bits per heavy atom. The van der Waals surface area contributed by atoms with Crippen molar-refractivity contribution in [2.24, 2.45) is 0 Å². The van der Waals surface area contributed by atoms with Gasteiger partial charge in [0, 0.05) is 0 Å². The van der Waals surface area contributed by atoms with Gasteiger partial charge in [-0.3, -0.25) is 0 Å². The van der Waals surface area contributed by atoms with Crippen LogP contribution in [0.5, 0.6) is 0 Å². The van der Waals surface area contributed by atoms with E-state index in [2.05, 4.69) is 0 Å². The Kier molecular flexibility index (Phi) is 4.15. The zero-order valence-corrected chi connectivity index (χ0v) is 11.9. The molecule has 5 heteroatoms. The molecular weight excluding hydrogens is 235 g/mol. The molecule has 0 heterocycles. The first-order valence-corrected chi connectivity index (χ1v) is 5.84. The maximum atomic E-state index is 10.9. The van der Waals surface area contributed by atoms with Gasteiger partial charge in [0.2, 0.25) is 0 Å². The van der Waals surface area contributed by atoms with Crippen molar-refractivity contribution in [1.82, 2.24) is 0 Å². The zero-order chi connectivity index (χ0) is 11.1. The summed E-state index contributed by atoms with van der Waals surface area (Å²) >= 11 is 0. The summed E-state index contributed by atoms with van der Waals surface area (Å²) < 4.78 is 32.8. The largest absolute Gasteiger partial charge is 1.00 e. The van der Waals surface area contributed by atoms with E-state index in [1.54, 1.807) is 25.1 Å². The van der Waals surface area contributed by atoms with Gasteiger partial charge < -0.3 is 4.55 Å². The Morgan fingerprint density at radius 2 is 1.56 bits per heavy atom. The van der Waals surface area contributed by atoms with E-state index in [9.17, 15) is 13.0 Å². The summed E-state index contributed by atoms with van der Waals surface area (Å²) in [7, 11) is -4.37. The molecule has 0 saturated carbocycles. The number of aryl methyl sites for hydroxylation is 1. The van der Waals surface area contributed by atoms with Gasteiger partial charge in [-0.15, -0.1) is 0 Å². The predicted octanol–water partition coefficient (Wildman–Crippen LogP) is -0.944. The van der Waals surface area contributed by atoms with E-state index in [0.717, 1.165) is 10.8 Å². The third kappa shape index (κ3) is 2.64. The van der Waals surface area contributed by atoms with E-state index in [0.29, 0.717) is 5.56 Å². The van der Waals surface area contributed by atoms with Crippen molar-refractivity contribution in [2.45, 2.75) is 11.8 Å². The summed E-state index contributed by atoms with van der Waals surface area (Å²) in [5.41, 5.74) is 0.490. The van der Waals surface area contributed by atoms with Crippen LogP contribution in [0.1, 0.15) is 5.56 Å². The molecular formula is C11H9NaO3S. The minimum atomic E-state index is -4.37. The molecule has 0 aliphatic rings. The number of fused-ring (bicyclic) bond motifs is 1. The number of hydrogen-bond donors (Lipinski definition) is 0. The summed E-state index contributed by atoms with van der Waals surface area (Å²) in [5, 5.41) is 1.69. The van der Waals surface area contributed by atoms with Gasteiger partial charge in [0.15, 0.2) is 0 Å². The second-order valence-corrected chi connectivity index (χ2v) is 4.77. The third-order valence-corrected chi connectivity index (χ3v) is 3.29. The van der Waals surface area contributed by atoms with E-state index >= 15 is 0 Å². The van der Waals surface area contributed by atoms with Crippen molar-refractivity contribution in [3.63, 3.8) is 0 Å². The van der Waals surface area contributed by atoms with Gasteiger partial charge in [-0.25, -0.2) is 8.42 Å². The van der Waals surface area contributed by atoms with Crippen molar-refractivity contribution in [3.05, 3.63) is 42.0 Å². The van der Waals surface area contributed by atoms with Crippen LogP contribution in [0.2, 0.25) is 0 Å². The standard InChI is InChI=1S/C11H10O3S.Na/c1-8-6-9-4-2-3-5-10(9)7-11(8)15(12,13)14;/h2-7H,1H3,(H,12,13,14);/q;+1/p-1. The molecule has 2 aromatic rings. The third-order valence-electron chi connectivity index (χ3n) is 2.31. The van der Waals surface area contributed by atoms with Gasteiger partial charge in [-0.2, -0.15) is 0 Å². The van der Waals surface area contributed by atoms with Gasteiger partial charge in [0.25, 0.3) is 0 Å². The second kappa shape index (κ2) is 4.85. The molecule has 2 aromatic carbocycles. The van der Waals surface area contributed by atoms with Crippen molar-refractivity contribution in [3.8, 4) is 0 Å². The molecule has 0 aliphatic heterocycles. The topological polar surface area (TPSA) is 57.2 Å². The van der Waals surface area contributed by atoms with E-state index in [4.69, 9.17) is 0 Å². The molecule has 0 atom stereocenters. The molecule has 0 saturated heterocycles. The molecule has 0 bridgehead atoms. The SMILES string of the molecule is Cc1cc2ccccc2cc1S(=O)(=O)[O-].[Na+]. The molecule has 0 unspecified atom stereocenters. The van der Waals surface area contributed by atoms with E-state index in [1.165, 1.54) is 6.07 Å². The van der Waals surface area contributed by atoms with Crippen molar-refractivity contribution in [1.29, 1.82) is 0 Å². The minimum Gasteiger partial charge on any atom is -0.744 e. The fraction of sp³-hybridized carbons (Fsp3) is 0.0909. The smallest absolute Gasteiger partial charge is 0.744 e. The fourth-order valence-electron chi connectivity index (χ4n) is 1.60. The minimum absolute atomic E-state index is 0. The molecule has 0 aliphatic carbocycles. The van der Waals surface area contributed by atoms with Gasteiger partial charge in [-0.05, 0) is 29.3 Å². The number of rotatable bonds is 1. The van der Waals surface area contributed by atoms with E-state index in [-0.39, 0.29) is 34.5 Å². The molecule has 0 spiro atoms. The summed E-state index contributed by atoms with van der Waals surface area (Å²) in [6.07, 6.45) is 0. The Balaban J connectivity index is 0.00000128. The molecule has 16 heavy (non-hydrogen) atoms. The first-order valence-electron chi connectivity index (χ1n) is 4.44. The number of benzene rings is 2. The Morgan fingerprint density at radius 3 is 2.06 bits per heavy atom. The molecule has 2 rings (SSSR count). The van der Waals surface area contributed by atoms with Crippen LogP contribution in [0.25, 0.3) is 10.8 Å². The molecule has 78 valence electrons. The molecule has 0 fully saturated rings. The summed E-state index contributed by atoms with van der Waals surface area (Å²) in [6, 6.07) is 10.5. The van der Waals surface area contributed by atoms with Crippen LogP contribution in [0.3, 0.4) is 0 Å². The molecule has 0 aromatic heterocycles. The van der Waals surface area contributed by atoms with Gasteiger partial charge in [0.1, 0.15) is 10.1 Å². The summed E-state index contributed by atoms with van der Waals surface area (Å²) in [6.45, 7) is 1.62. The van der Waals surface area contributed by atoms with Crippen LogP contribution in [0, 0.1) is 6.92 Å². The van der Waals surface area contributed by atoms with E-state index < -0.39 is 10.1 Å². The first kappa shape index (κ1) is 13.7. The Hall–Kier alpha value is -0.390. The Bertz CT molecular complexity index is 620. The van der Waals surface area contributed by atoms with Gasteiger partial charge in [0.05, 0.1) is 4.90 Å². The molecule has 3 nitrogen and oxygen atoms in total. The maximum Gasteiger partial charge on any atom is 1.00 e. The quantitative estimate of drug-likeness (QED) is 0.480. The summed E-state index contributed by atoms with van der Waals surface area (Å²) in [5.74, 6) is 0. The van der Waals surface area contributed by atoms with Gasteiger partial charge in [-0.1, -0.05) is 30.3 Å². The van der Waals surface area contributed by atoms with Crippen molar-refractivity contribution >= 4 is 20.9 Å². The first-order chi connectivity index (χ1) is 6.98. The second-order valence-electron chi connectivity index (χ2n) is 3.42. The predicted molar refractivity (Wildman–Crippen MR) is 56.6 cm³/mol. The molecule has 0 radical (unpaired) electrons. The Labute approximate surface area is 117 Å².